The van der Waals surface area contributed by atoms with Gasteiger partial charge in [-0.3, -0.25) is 0 Å². The standard InChI is InChI=1S/C13H16N2O.C8H12N2OS2/c14-13(16)15-12-10-5-1-3-8(10)7-9-4-2-6-11(9)12;1-10-3-2-6-4-8(13(9)11)12-7(6)5-10/h7H,1-6H2,(H3,14,15,16);4H,2-3,5,9H2,1H3. The van der Waals surface area contributed by atoms with E-state index in [4.69, 9.17) is 10.9 Å². The van der Waals surface area contributed by atoms with Crippen LogP contribution in [0.2, 0.25) is 0 Å². The summed E-state index contributed by atoms with van der Waals surface area (Å²) in [6, 6.07) is 3.90. The largest absolute Gasteiger partial charge is 0.351 e. The number of benzene rings is 1. The molecule has 0 saturated carbocycles. The van der Waals surface area contributed by atoms with Crippen LogP contribution in [0.25, 0.3) is 0 Å². The Morgan fingerprint density at radius 3 is 2.31 bits per heavy atom. The van der Waals surface area contributed by atoms with Gasteiger partial charge in [-0.1, -0.05) is 6.07 Å². The van der Waals surface area contributed by atoms with E-state index in [0.717, 1.165) is 55.1 Å². The van der Waals surface area contributed by atoms with E-state index in [1.807, 2.05) is 6.07 Å². The van der Waals surface area contributed by atoms with Crippen LogP contribution in [0.5, 0.6) is 0 Å². The van der Waals surface area contributed by atoms with Crippen LogP contribution < -0.4 is 16.2 Å². The third-order valence-corrected chi connectivity index (χ3v) is 8.18. The number of hydrogen-bond donors (Lipinski definition) is 3. The van der Waals surface area contributed by atoms with E-state index >= 15 is 0 Å². The highest BCUT2D eigenvalue weighted by Gasteiger charge is 2.24. The maximum atomic E-state index is 11.1. The topological polar surface area (TPSA) is 101 Å². The highest BCUT2D eigenvalue weighted by molar-refractivity contribution is 7.85. The van der Waals surface area contributed by atoms with Gasteiger partial charge in [-0.15, -0.1) is 11.3 Å². The highest BCUT2D eigenvalue weighted by atomic mass is 32.2. The average molecular weight is 433 g/mol. The smallest absolute Gasteiger partial charge is 0.316 e. The SMILES string of the molecule is CN1CCc2cc(S(N)=O)sc2C1.NC(=O)Nc1c2c(cc3c1CCC3)CCC2. The molecule has 1 aliphatic heterocycles. The van der Waals surface area contributed by atoms with Gasteiger partial charge in [0.1, 0.15) is 15.2 Å². The molecule has 2 amide bonds. The van der Waals surface area contributed by atoms with Crippen molar-refractivity contribution in [1.82, 2.24) is 4.90 Å². The summed E-state index contributed by atoms with van der Waals surface area (Å²) >= 11 is 1.58. The maximum absolute atomic E-state index is 11.1. The fraction of sp³-hybridized carbons (Fsp3) is 0.476. The first kappa shape index (κ1) is 20.5. The van der Waals surface area contributed by atoms with Gasteiger partial charge in [0.05, 0.1) is 0 Å². The second kappa shape index (κ2) is 8.55. The number of thiophene rings is 1. The van der Waals surface area contributed by atoms with Crippen LogP contribution in [0.4, 0.5) is 10.5 Å². The summed E-state index contributed by atoms with van der Waals surface area (Å²) in [7, 11) is 0.794. The highest BCUT2D eigenvalue weighted by Crippen LogP contribution is 2.38. The first-order valence-corrected chi connectivity index (χ1v) is 12.1. The van der Waals surface area contributed by atoms with Crippen molar-refractivity contribution in [2.45, 2.75) is 55.7 Å². The van der Waals surface area contributed by atoms with Crippen LogP contribution in [-0.4, -0.2) is 28.7 Å². The van der Waals surface area contributed by atoms with Crippen molar-refractivity contribution >= 4 is 34.0 Å². The molecule has 0 bridgehead atoms. The lowest BCUT2D eigenvalue weighted by Crippen LogP contribution is -2.24. The fourth-order valence-electron chi connectivity index (χ4n) is 4.61. The van der Waals surface area contributed by atoms with E-state index in [2.05, 4.69) is 23.3 Å². The molecule has 0 radical (unpaired) electrons. The van der Waals surface area contributed by atoms with Gasteiger partial charge in [0.15, 0.2) is 0 Å². The van der Waals surface area contributed by atoms with E-state index in [9.17, 15) is 9.00 Å². The van der Waals surface area contributed by atoms with Crippen molar-refractivity contribution in [1.29, 1.82) is 0 Å². The van der Waals surface area contributed by atoms with Gasteiger partial charge < -0.3 is 16.0 Å². The number of nitrogens with two attached hydrogens (primary N) is 2. The van der Waals surface area contributed by atoms with E-state index in [1.54, 1.807) is 11.3 Å². The molecular weight excluding hydrogens is 404 g/mol. The van der Waals surface area contributed by atoms with Gasteiger partial charge in [-0.25, -0.2) is 14.1 Å². The summed E-state index contributed by atoms with van der Waals surface area (Å²) in [5.74, 6) is 0. The number of carbonyl (C=O) groups excluding carboxylic acids is 1. The lowest BCUT2D eigenvalue weighted by molar-refractivity contribution is 0.259. The normalized spacial score (nSPS) is 18.3. The zero-order valence-corrected chi connectivity index (χ0v) is 18.4. The van der Waals surface area contributed by atoms with Crippen molar-refractivity contribution < 1.29 is 9.00 Å². The summed E-state index contributed by atoms with van der Waals surface area (Å²) in [6.07, 6.45) is 7.92. The van der Waals surface area contributed by atoms with Gasteiger partial charge in [-0.2, -0.15) is 0 Å². The molecular formula is C21H28N4O2S2. The molecule has 2 aliphatic carbocycles. The fourth-order valence-corrected chi connectivity index (χ4v) is 6.52. The van der Waals surface area contributed by atoms with Crippen LogP contribution in [0.3, 0.4) is 0 Å². The minimum absolute atomic E-state index is 0.436. The minimum Gasteiger partial charge on any atom is -0.351 e. The van der Waals surface area contributed by atoms with E-state index in [-0.39, 0.29) is 0 Å². The zero-order chi connectivity index (χ0) is 20.5. The monoisotopic (exact) mass is 432 g/mol. The molecule has 0 spiro atoms. The van der Waals surface area contributed by atoms with Crippen LogP contribution in [0.1, 0.15) is 45.5 Å². The Balaban J connectivity index is 0.000000145. The van der Waals surface area contributed by atoms with Gasteiger partial charge in [0.25, 0.3) is 0 Å². The number of nitrogens with zero attached hydrogens (tertiary/aromatic N) is 1. The second-order valence-electron chi connectivity index (χ2n) is 8.02. The molecule has 0 saturated heterocycles. The van der Waals surface area contributed by atoms with Crippen molar-refractivity contribution in [2.75, 3.05) is 18.9 Å². The molecule has 29 heavy (non-hydrogen) atoms. The van der Waals surface area contributed by atoms with Crippen LogP contribution in [0.15, 0.2) is 16.3 Å². The lowest BCUT2D eigenvalue weighted by Gasteiger charge is -2.21. The van der Waals surface area contributed by atoms with Crippen LogP contribution in [-0.2, 0) is 49.6 Å². The third kappa shape index (κ3) is 4.40. The summed E-state index contributed by atoms with van der Waals surface area (Å²) < 4.78 is 11.8. The molecule has 1 aromatic heterocycles. The molecule has 8 heteroatoms. The predicted molar refractivity (Wildman–Crippen MR) is 119 cm³/mol. The van der Waals surface area contributed by atoms with Gasteiger partial charge in [-0.05, 0) is 85.9 Å². The Morgan fingerprint density at radius 2 is 1.72 bits per heavy atom. The number of urea groups is 1. The number of hydrogen-bond acceptors (Lipinski definition) is 4. The van der Waals surface area contributed by atoms with Gasteiger partial charge >= 0.3 is 6.03 Å². The minimum atomic E-state index is -1.31. The molecule has 2 aromatic rings. The first-order chi connectivity index (χ1) is 13.9. The number of aryl methyl sites for hydroxylation is 2. The Morgan fingerprint density at radius 1 is 1.07 bits per heavy atom. The Bertz CT molecular complexity index is 938. The van der Waals surface area contributed by atoms with Crippen molar-refractivity contribution in [3.63, 3.8) is 0 Å². The predicted octanol–water partition coefficient (Wildman–Crippen LogP) is 2.87. The van der Waals surface area contributed by atoms with E-state index in [1.165, 1.54) is 45.5 Å². The molecule has 1 atom stereocenters. The number of nitrogens with one attached hydrogen (secondary N) is 1. The first-order valence-electron chi connectivity index (χ1n) is 10.1. The quantitative estimate of drug-likeness (QED) is 0.680. The lowest BCUT2D eigenvalue weighted by atomic mass is 9.99. The Kier molecular flexibility index (Phi) is 6.06. The van der Waals surface area contributed by atoms with Crippen LogP contribution >= 0.6 is 11.3 Å². The number of primary amides is 1. The summed E-state index contributed by atoms with van der Waals surface area (Å²) in [5, 5.41) is 8.17. The number of carbonyl (C=O) groups is 1. The number of fused-ring (bicyclic) bond motifs is 3. The molecule has 156 valence electrons. The average Bonchev–Trinajstić information content (AvgIpc) is 3.39. The number of likely N-dealkylation sites (N-methyl/N-ethyl adjacent to an activating group) is 1. The molecule has 3 aliphatic rings. The number of amides is 2. The van der Waals surface area contributed by atoms with Crippen LogP contribution in [0, 0.1) is 0 Å². The van der Waals surface area contributed by atoms with Crippen molar-refractivity contribution in [3.05, 3.63) is 44.8 Å². The molecule has 5 N–H and O–H groups in total. The maximum Gasteiger partial charge on any atom is 0.316 e. The zero-order valence-electron chi connectivity index (χ0n) is 16.8. The molecule has 5 rings (SSSR count). The van der Waals surface area contributed by atoms with Crippen molar-refractivity contribution in [2.24, 2.45) is 10.9 Å². The van der Waals surface area contributed by atoms with E-state index < -0.39 is 17.0 Å². The molecule has 0 fully saturated rings. The molecule has 1 unspecified atom stereocenters. The third-order valence-electron chi connectivity index (χ3n) is 5.97. The number of rotatable bonds is 2. The molecule has 2 heterocycles. The van der Waals surface area contributed by atoms with Gasteiger partial charge in [0, 0.05) is 23.7 Å². The van der Waals surface area contributed by atoms with E-state index in [0.29, 0.717) is 0 Å². The molecule has 6 nitrogen and oxygen atoms in total. The Labute approximate surface area is 178 Å². The summed E-state index contributed by atoms with van der Waals surface area (Å²) in [5.41, 5.74) is 13.1. The number of anilines is 1. The summed E-state index contributed by atoms with van der Waals surface area (Å²) in [4.78, 5) is 14.7. The molecule has 1 aromatic carbocycles. The summed E-state index contributed by atoms with van der Waals surface area (Å²) in [6.45, 7) is 2.05. The Hall–Kier alpha value is -1.74. The second-order valence-corrected chi connectivity index (χ2v) is 10.5. The van der Waals surface area contributed by atoms with Crippen molar-refractivity contribution in [3.8, 4) is 0 Å². The van der Waals surface area contributed by atoms with Gasteiger partial charge in [0.2, 0.25) is 0 Å².